The average molecular weight is 309 g/mol. The first kappa shape index (κ1) is 18.3. The molecule has 5 nitrogen and oxygen atoms in total. The number of nitrogens with one attached hydrogen (secondary N) is 1. The van der Waals surface area contributed by atoms with Gasteiger partial charge in [-0.2, -0.15) is 0 Å². The minimum absolute atomic E-state index is 0.229. The van der Waals surface area contributed by atoms with E-state index in [0.717, 1.165) is 12.0 Å². The normalized spacial score (nSPS) is 12.1. The summed E-state index contributed by atoms with van der Waals surface area (Å²) in [5.41, 5.74) is 0.844. The Bertz CT molecular complexity index is 474. The number of carbonyl (C=O) groups excluding carboxylic acids is 1. The topological polar surface area (TPSA) is 56.8 Å². The maximum atomic E-state index is 11.9. The van der Waals surface area contributed by atoms with Gasteiger partial charge in [-0.05, 0) is 31.0 Å². The summed E-state index contributed by atoms with van der Waals surface area (Å²) < 4.78 is 15.7. The molecule has 5 heteroatoms. The van der Waals surface area contributed by atoms with Crippen LogP contribution in [0.25, 0.3) is 0 Å². The third kappa shape index (κ3) is 6.35. The van der Waals surface area contributed by atoms with Crippen LogP contribution in [0.1, 0.15) is 32.8 Å². The molecule has 1 N–H and O–H groups in total. The van der Waals surface area contributed by atoms with Gasteiger partial charge >= 0.3 is 5.97 Å². The number of carbonyl (C=O) groups is 1. The van der Waals surface area contributed by atoms with Crippen LogP contribution in [0.5, 0.6) is 11.5 Å². The third-order valence-electron chi connectivity index (χ3n) is 3.23. The summed E-state index contributed by atoms with van der Waals surface area (Å²) in [6.45, 7) is 6.70. The van der Waals surface area contributed by atoms with Crippen LogP contribution in [0.3, 0.4) is 0 Å². The van der Waals surface area contributed by atoms with Gasteiger partial charge in [0.05, 0.1) is 27.2 Å². The second-order valence-electron chi connectivity index (χ2n) is 5.60. The molecule has 1 rings (SSSR count). The van der Waals surface area contributed by atoms with Crippen LogP contribution < -0.4 is 14.8 Å². The smallest absolute Gasteiger partial charge is 0.310 e. The number of esters is 1. The molecule has 0 saturated heterocycles. The summed E-state index contributed by atoms with van der Waals surface area (Å²) in [6, 6.07) is 6.18. The van der Waals surface area contributed by atoms with Crippen molar-refractivity contribution in [1.82, 2.24) is 5.32 Å². The van der Waals surface area contributed by atoms with Crippen LogP contribution in [0.15, 0.2) is 18.2 Å². The molecule has 1 atom stereocenters. The van der Waals surface area contributed by atoms with E-state index in [2.05, 4.69) is 26.1 Å². The molecule has 0 aliphatic rings. The molecule has 0 amide bonds. The number of benzene rings is 1. The van der Waals surface area contributed by atoms with E-state index in [0.29, 0.717) is 30.2 Å². The lowest BCUT2D eigenvalue weighted by atomic mass is 10.1. The number of hydrogen-bond acceptors (Lipinski definition) is 5. The zero-order valence-electron chi connectivity index (χ0n) is 14.1. The second-order valence-corrected chi connectivity index (χ2v) is 5.60. The maximum absolute atomic E-state index is 11.9. The number of rotatable bonds is 9. The first-order valence-electron chi connectivity index (χ1n) is 7.58. The van der Waals surface area contributed by atoms with Gasteiger partial charge in [-0.25, -0.2) is 0 Å². The molecule has 1 unspecified atom stereocenters. The monoisotopic (exact) mass is 309 g/mol. The quantitative estimate of drug-likeness (QED) is 0.711. The Morgan fingerprint density at radius 3 is 2.41 bits per heavy atom. The molecule has 0 radical (unpaired) electrons. The molecule has 0 spiro atoms. The number of ether oxygens (including phenoxy) is 3. The molecule has 0 heterocycles. The standard InChI is InChI=1S/C17H27NO4/c1-12(2)18-13(3)8-9-22-17(19)11-14-6-7-15(20-4)16(10-14)21-5/h6-7,10,12-13,18H,8-9,11H2,1-5H3. The van der Waals surface area contributed by atoms with E-state index in [4.69, 9.17) is 14.2 Å². The fourth-order valence-corrected chi connectivity index (χ4v) is 2.21. The third-order valence-corrected chi connectivity index (χ3v) is 3.23. The Morgan fingerprint density at radius 1 is 1.14 bits per heavy atom. The second kappa shape index (κ2) is 9.30. The Hall–Kier alpha value is -1.75. The van der Waals surface area contributed by atoms with E-state index in [1.165, 1.54) is 0 Å². The van der Waals surface area contributed by atoms with E-state index < -0.39 is 0 Å². The minimum Gasteiger partial charge on any atom is -0.493 e. The molecule has 0 bridgehead atoms. The molecule has 22 heavy (non-hydrogen) atoms. The summed E-state index contributed by atoms with van der Waals surface area (Å²) in [5, 5.41) is 3.37. The Labute approximate surface area is 132 Å². The van der Waals surface area contributed by atoms with Crippen LogP contribution in [-0.4, -0.2) is 38.9 Å². The highest BCUT2D eigenvalue weighted by Gasteiger charge is 2.10. The van der Waals surface area contributed by atoms with Gasteiger partial charge in [0.2, 0.25) is 0 Å². The van der Waals surface area contributed by atoms with Crippen molar-refractivity contribution in [3.63, 3.8) is 0 Å². The molecule has 124 valence electrons. The number of hydrogen-bond donors (Lipinski definition) is 1. The summed E-state index contributed by atoms with van der Waals surface area (Å²) in [5.74, 6) is 1.03. The lowest BCUT2D eigenvalue weighted by molar-refractivity contribution is -0.143. The highest BCUT2D eigenvalue weighted by molar-refractivity contribution is 5.73. The highest BCUT2D eigenvalue weighted by atomic mass is 16.5. The van der Waals surface area contributed by atoms with Crippen LogP contribution in [-0.2, 0) is 16.0 Å². The summed E-state index contributed by atoms with van der Waals surface area (Å²) in [7, 11) is 3.15. The zero-order valence-corrected chi connectivity index (χ0v) is 14.1. The van der Waals surface area contributed by atoms with Crippen molar-refractivity contribution in [2.75, 3.05) is 20.8 Å². The molecule has 0 aliphatic carbocycles. The molecule has 0 saturated carbocycles. The predicted molar refractivity (Wildman–Crippen MR) is 86.6 cm³/mol. The molecule has 0 aromatic heterocycles. The van der Waals surface area contributed by atoms with Crippen molar-refractivity contribution in [2.24, 2.45) is 0 Å². The van der Waals surface area contributed by atoms with Gasteiger partial charge in [0.25, 0.3) is 0 Å². The van der Waals surface area contributed by atoms with E-state index >= 15 is 0 Å². The van der Waals surface area contributed by atoms with E-state index in [1.54, 1.807) is 26.4 Å². The van der Waals surface area contributed by atoms with E-state index in [-0.39, 0.29) is 12.4 Å². The molecular formula is C17H27NO4. The van der Waals surface area contributed by atoms with Crippen LogP contribution in [0.4, 0.5) is 0 Å². The van der Waals surface area contributed by atoms with Crippen molar-refractivity contribution in [2.45, 2.75) is 45.7 Å². The average Bonchev–Trinajstić information content (AvgIpc) is 2.46. The van der Waals surface area contributed by atoms with E-state index in [9.17, 15) is 4.79 Å². The summed E-state index contributed by atoms with van der Waals surface area (Å²) in [4.78, 5) is 11.9. The Morgan fingerprint density at radius 2 is 1.82 bits per heavy atom. The van der Waals surface area contributed by atoms with Crippen LogP contribution >= 0.6 is 0 Å². The Balaban J connectivity index is 2.42. The first-order chi connectivity index (χ1) is 10.5. The van der Waals surface area contributed by atoms with Gasteiger partial charge in [-0.1, -0.05) is 19.9 Å². The van der Waals surface area contributed by atoms with Gasteiger partial charge in [-0.3, -0.25) is 4.79 Å². The molecule has 0 fully saturated rings. The van der Waals surface area contributed by atoms with E-state index in [1.807, 2.05) is 6.07 Å². The van der Waals surface area contributed by atoms with Crippen molar-refractivity contribution in [3.8, 4) is 11.5 Å². The largest absolute Gasteiger partial charge is 0.493 e. The first-order valence-corrected chi connectivity index (χ1v) is 7.58. The van der Waals surface area contributed by atoms with Crippen LogP contribution in [0, 0.1) is 0 Å². The fraction of sp³-hybridized carbons (Fsp3) is 0.588. The van der Waals surface area contributed by atoms with Gasteiger partial charge in [0.1, 0.15) is 0 Å². The van der Waals surface area contributed by atoms with Gasteiger partial charge in [0, 0.05) is 12.1 Å². The van der Waals surface area contributed by atoms with Gasteiger partial charge in [0.15, 0.2) is 11.5 Å². The Kier molecular flexibility index (Phi) is 7.74. The van der Waals surface area contributed by atoms with Crippen molar-refractivity contribution >= 4 is 5.97 Å². The van der Waals surface area contributed by atoms with Crippen molar-refractivity contribution in [3.05, 3.63) is 23.8 Å². The SMILES string of the molecule is COc1ccc(CC(=O)OCCC(C)NC(C)C)cc1OC. The van der Waals surface area contributed by atoms with Crippen molar-refractivity contribution in [1.29, 1.82) is 0 Å². The van der Waals surface area contributed by atoms with Gasteiger partial charge < -0.3 is 19.5 Å². The molecular weight excluding hydrogens is 282 g/mol. The predicted octanol–water partition coefficient (Wildman–Crippen LogP) is 2.57. The highest BCUT2D eigenvalue weighted by Crippen LogP contribution is 2.27. The lowest BCUT2D eigenvalue weighted by Crippen LogP contribution is -2.33. The molecule has 0 aliphatic heterocycles. The fourth-order valence-electron chi connectivity index (χ4n) is 2.21. The number of methoxy groups -OCH3 is 2. The van der Waals surface area contributed by atoms with Gasteiger partial charge in [-0.15, -0.1) is 0 Å². The van der Waals surface area contributed by atoms with Crippen molar-refractivity contribution < 1.29 is 19.0 Å². The zero-order chi connectivity index (χ0) is 16.5. The molecule has 1 aromatic rings. The molecule has 1 aromatic carbocycles. The summed E-state index contributed by atoms with van der Waals surface area (Å²) in [6.07, 6.45) is 1.03. The maximum Gasteiger partial charge on any atom is 0.310 e. The lowest BCUT2D eigenvalue weighted by Gasteiger charge is -2.16. The van der Waals surface area contributed by atoms with Crippen LogP contribution in [0.2, 0.25) is 0 Å². The summed E-state index contributed by atoms with van der Waals surface area (Å²) >= 11 is 0. The minimum atomic E-state index is -0.232.